The zero-order valence-electron chi connectivity index (χ0n) is 12.8. The van der Waals surface area contributed by atoms with Crippen molar-refractivity contribution in [2.45, 2.75) is 26.3 Å². The summed E-state index contributed by atoms with van der Waals surface area (Å²) in [6.07, 6.45) is 1.01. The molecule has 0 fully saturated rings. The van der Waals surface area contributed by atoms with E-state index in [-0.39, 0.29) is 11.9 Å². The number of rotatable bonds is 6. The molecule has 0 spiro atoms. The molecule has 2 rings (SSSR count). The van der Waals surface area contributed by atoms with Crippen molar-refractivity contribution < 1.29 is 9.13 Å². The van der Waals surface area contributed by atoms with Gasteiger partial charge in [-0.2, -0.15) is 0 Å². The van der Waals surface area contributed by atoms with E-state index in [1.54, 1.807) is 19.2 Å². The zero-order valence-corrected chi connectivity index (χ0v) is 12.8. The summed E-state index contributed by atoms with van der Waals surface area (Å²) in [6.45, 7) is 5.05. The molecule has 112 valence electrons. The van der Waals surface area contributed by atoms with Crippen molar-refractivity contribution in [3.05, 3.63) is 65.0 Å². The molecule has 0 radical (unpaired) electrons. The lowest BCUT2D eigenvalue weighted by molar-refractivity contribution is 0.402. The van der Waals surface area contributed by atoms with Gasteiger partial charge in [-0.25, -0.2) is 4.39 Å². The van der Waals surface area contributed by atoms with Gasteiger partial charge in [0.15, 0.2) is 0 Å². The molecular weight excluding hydrogens is 265 g/mol. The third kappa shape index (κ3) is 3.61. The van der Waals surface area contributed by atoms with Crippen molar-refractivity contribution in [3.63, 3.8) is 0 Å². The number of nitrogens with one attached hydrogen (secondary N) is 1. The van der Waals surface area contributed by atoms with Gasteiger partial charge in [-0.3, -0.25) is 0 Å². The average Bonchev–Trinajstić information content (AvgIpc) is 2.49. The monoisotopic (exact) mass is 287 g/mol. The van der Waals surface area contributed by atoms with Crippen molar-refractivity contribution in [2.75, 3.05) is 13.7 Å². The van der Waals surface area contributed by atoms with Crippen LogP contribution >= 0.6 is 0 Å². The molecule has 3 heteroatoms. The summed E-state index contributed by atoms with van der Waals surface area (Å²) in [5.41, 5.74) is 3.16. The first kappa shape index (κ1) is 15.5. The van der Waals surface area contributed by atoms with Crippen LogP contribution in [0.25, 0.3) is 0 Å². The van der Waals surface area contributed by atoms with Gasteiger partial charge >= 0.3 is 0 Å². The molecule has 21 heavy (non-hydrogen) atoms. The summed E-state index contributed by atoms with van der Waals surface area (Å²) in [6, 6.07) is 12.8. The van der Waals surface area contributed by atoms with Crippen LogP contribution in [0.5, 0.6) is 5.75 Å². The molecule has 0 amide bonds. The van der Waals surface area contributed by atoms with Crippen LogP contribution in [0.3, 0.4) is 0 Å². The summed E-state index contributed by atoms with van der Waals surface area (Å²) < 4.78 is 19.1. The molecule has 0 bridgehead atoms. The van der Waals surface area contributed by atoms with Crippen LogP contribution in [0.1, 0.15) is 36.1 Å². The predicted octanol–water partition coefficient (Wildman–Crippen LogP) is 4.23. The molecular formula is C18H22FNO. The Kier molecular flexibility index (Phi) is 5.34. The minimum atomic E-state index is -0.248. The highest BCUT2D eigenvalue weighted by atomic mass is 19.1. The fourth-order valence-corrected chi connectivity index (χ4v) is 2.52. The Morgan fingerprint density at radius 1 is 1.14 bits per heavy atom. The first-order chi connectivity index (χ1) is 10.2. The maximum atomic E-state index is 13.7. The Balaban J connectivity index is 2.50. The standard InChI is InChI=1S/C18H22FNO/c1-4-11-20-18(15-8-6-5-7-13(15)2)16-12-14(19)9-10-17(16)21-3/h5-10,12,18,20H,4,11H2,1-3H3. The van der Waals surface area contributed by atoms with Crippen molar-refractivity contribution in [1.82, 2.24) is 5.32 Å². The molecule has 0 aliphatic rings. The fourth-order valence-electron chi connectivity index (χ4n) is 2.52. The van der Waals surface area contributed by atoms with Gasteiger partial charge in [0, 0.05) is 5.56 Å². The highest BCUT2D eigenvalue weighted by molar-refractivity contribution is 5.44. The lowest BCUT2D eigenvalue weighted by atomic mass is 9.94. The summed E-state index contributed by atoms with van der Waals surface area (Å²) >= 11 is 0. The number of halogens is 1. The van der Waals surface area contributed by atoms with E-state index in [0.29, 0.717) is 5.75 Å². The van der Waals surface area contributed by atoms with Crippen molar-refractivity contribution in [1.29, 1.82) is 0 Å². The first-order valence-corrected chi connectivity index (χ1v) is 7.29. The quantitative estimate of drug-likeness (QED) is 0.858. The Bertz CT molecular complexity index is 598. The number of benzene rings is 2. The lowest BCUT2D eigenvalue weighted by Crippen LogP contribution is -2.24. The second-order valence-electron chi connectivity index (χ2n) is 5.13. The van der Waals surface area contributed by atoms with Crippen LogP contribution in [0.4, 0.5) is 4.39 Å². The van der Waals surface area contributed by atoms with E-state index in [4.69, 9.17) is 4.74 Å². The molecule has 1 unspecified atom stereocenters. The van der Waals surface area contributed by atoms with Crippen LogP contribution in [0.15, 0.2) is 42.5 Å². The minimum absolute atomic E-state index is 0.0724. The van der Waals surface area contributed by atoms with E-state index < -0.39 is 0 Å². The third-order valence-corrected chi connectivity index (χ3v) is 3.60. The number of aryl methyl sites for hydroxylation is 1. The Hall–Kier alpha value is -1.87. The number of methoxy groups -OCH3 is 1. The van der Waals surface area contributed by atoms with E-state index in [2.05, 4.69) is 31.3 Å². The van der Waals surface area contributed by atoms with E-state index >= 15 is 0 Å². The van der Waals surface area contributed by atoms with E-state index in [1.165, 1.54) is 11.6 Å². The summed E-state index contributed by atoms with van der Waals surface area (Å²) in [7, 11) is 1.62. The molecule has 2 aromatic rings. The maximum Gasteiger partial charge on any atom is 0.124 e. The zero-order chi connectivity index (χ0) is 15.2. The number of hydrogen-bond donors (Lipinski definition) is 1. The Morgan fingerprint density at radius 2 is 1.90 bits per heavy atom. The molecule has 2 aromatic carbocycles. The summed E-state index contributed by atoms with van der Waals surface area (Å²) in [5, 5.41) is 3.50. The summed E-state index contributed by atoms with van der Waals surface area (Å²) in [5.74, 6) is 0.455. The number of ether oxygens (including phenoxy) is 1. The topological polar surface area (TPSA) is 21.3 Å². The van der Waals surface area contributed by atoms with Crippen LogP contribution in [-0.2, 0) is 0 Å². The van der Waals surface area contributed by atoms with Crippen molar-refractivity contribution in [2.24, 2.45) is 0 Å². The molecule has 0 saturated carbocycles. The van der Waals surface area contributed by atoms with E-state index in [1.807, 2.05) is 12.1 Å². The molecule has 2 nitrogen and oxygen atoms in total. The van der Waals surface area contributed by atoms with Crippen LogP contribution in [-0.4, -0.2) is 13.7 Å². The lowest BCUT2D eigenvalue weighted by Gasteiger charge is -2.23. The molecule has 0 aliphatic heterocycles. The number of hydrogen-bond acceptors (Lipinski definition) is 2. The van der Waals surface area contributed by atoms with Crippen molar-refractivity contribution >= 4 is 0 Å². The molecule has 1 atom stereocenters. The molecule has 0 aromatic heterocycles. The molecule has 0 aliphatic carbocycles. The first-order valence-electron chi connectivity index (χ1n) is 7.29. The van der Waals surface area contributed by atoms with Gasteiger partial charge in [-0.05, 0) is 49.2 Å². The van der Waals surface area contributed by atoms with Crippen LogP contribution in [0, 0.1) is 12.7 Å². The van der Waals surface area contributed by atoms with Gasteiger partial charge in [-0.1, -0.05) is 31.2 Å². The second-order valence-corrected chi connectivity index (χ2v) is 5.13. The van der Waals surface area contributed by atoms with Gasteiger partial charge in [0.1, 0.15) is 11.6 Å². The minimum Gasteiger partial charge on any atom is -0.496 e. The highest BCUT2D eigenvalue weighted by Crippen LogP contribution is 2.32. The van der Waals surface area contributed by atoms with Gasteiger partial charge in [0.05, 0.1) is 13.2 Å². The fraction of sp³-hybridized carbons (Fsp3) is 0.333. The summed E-state index contributed by atoms with van der Waals surface area (Å²) in [4.78, 5) is 0. The van der Waals surface area contributed by atoms with Crippen molar-refractivity contribution in [3.8, 4) is 5.75 Å². The molecule has 0 heterocycles. The van der Waals surface area contributed by atoms with Gasteiger partial charge < -0.3 is 10.1 Å². The third-order valence-electron chi connectivity index (χ3n) is 3.60. The highest BCUT2D eigenvalue weighted by Gasteiger charge is 2.19. The normalized spacial score (nSPS) is 12.2. The van der Waals surface area contributed by atoms with Gasteiger partial charge in [-0.15, -0.1) is 0 Å². The van der Waals surface area contributed by atoms with Gasteiger partial charge in [0.2, 0.25) is 0 Å². The molecule has 1 N–H and O–H groups in total. The van der Waals surface area contributed by atoms with Crippen LogP contribution in [0.2, 0.25) is 0 Å². The second kappa shape index (κ2) is 7.23. The maximum absolute atomic E-state index is 13.7. The Morgan fingerprint density at radius 3 is 2.57 bits per heavy atom. The average molecular weight is 287 g/mol. The smallest absolute Gasteiger partial charge is 0.124 e. The SMILES string of the molecule is CCCNC(c1ccccc1C)c1cc(F)ccc1OC. The largest absolute Gasteiger partial charge is 0.496 e. The van der Waals surface area contributed by atoms with E-state index in [9.17, 15) is 4.39 Å². The Labute approximate surface area is 126 Å². The van der Waals surface area contributed by atoms with Crippen LogP contribution < -0.4 is 10.1 Å². The predicted molar refractivity (Wildman–Crippen MR) is 84.3 cm³/mol. The molecule has 0 saturated heterocycles. The van der Waals surface area contributed by atoms with E-state index in [0.717, 1.165) is 24.1 Å². The van der Waals surface area contributed by atoms with Gasteiger partial charge in [0.25, 0.3) is 0 Å².